The Labute approximate surface area is 103 Å². The number of aryl methyl sites for hydroxylation is 2. The number of nitrogens with zero attached hydrogens (tertiary/aromatic N) is 6. The largest absolute Gasteiger partial charge is 0.341 e. The highest BCUT2D eigenvalue weighted by atomic mass is 16.2. The number of amides is 1. The molecule has 94 valence electrons. The van der Waals surface area contributed by atoms with E-state index >= 15 is 0 Å². The third-order valence-corrected chi connectivity index (χ3v) is 2.42. The number of hydrogen-bond donors (Lipinski definition) is 1. The van der Waals surface area contributed by atoms with Crippen LogP contribution in [0, 0.1) is 6.92 Å². The summed E-state index contributed by atoms with van der Waals surface area (Å²) in [6.07, 6.45) is 0. The van der Waals surface area contributed by atoms with Crippen LogP contribution in [-0.4, -0.2) is 36.3 Å². The second-order valence-electron chi connectivity index (χ2n) is 3.92. The van der Waals surface area contributed by atoms with E-state index in [1.54, 1.807) is 26.1 Å². The molecule has 2 heterocycles. The number of nitrogens with one attached hydrogen (secondary N) is 1. The molecule has 2 aromatic heterocycles. The first kappa shape index (κ1) is 12.1. The standard InChI is InChI=1S/C10H13N7O/c1-6-4-5-8(13-12-6)10(18)11-7(2)9-14-15-16-17(9)3/h4-5,7H,1-3H3,(H,11,18). The molecule has 0 aliphatic rings. The predicted molar refractivity (Wildman–Crippen MR) is 61.4 cm³/mol. The Morgan fingerprint density at radius 2 is 2.11 bits per heavy atom. The van der Waals surface area contributed by atoms with E-state index in [1.165, 1.54) is 4.68 Å². The van der Waals surface area contributed by atoms with Crippen LogP contribution in [0.4, 0.5) is 0 Å². The summed E-state index contributed by atoms with van der Waals surface area (Å²) in [4.78, 5) is 11.9. The highest BCUT2D eigenvalue weighted by Crippen LogP contribution is 2.07. The summed E-state index contributed by atoms with van der Waals surface area (Å²) >= 11 is 0. The van der Waals surface area contributed by atoms with Gasteiger partial charge in [-0.05, 0) is 36.4 Å². The van der Waals surface area contributed by atoms with Crippen LogP contribution in [0.15, 0.2) is 12.1 Å². The lowest BCUT2D eigenvalue weighted by atomic mass is 10.3. The summed E-state index contributed by atoms with van der Waals surface area (Å²) in [5, 5.41) is 21.5. The van der Waals surface area contributed by atoms with Gasteiger partial charge in [-0.25, -0.2) is 4.68 Å². The third kappa shape index (κ3) is 2.47. The Morgan fingerprint density at radius 3 is 2.67 bits per heavy atom. The number of carbonyl (C=O) groups excluding carboxylic acids is 1. The van der Waals surface area contributed by atoms with Crippen LogP contribution in [0.2, 0.25) is 0 Å². The zero-order chi connectivity index (χ0) is 13.1. The molecule has 0 spiro atoms. The summed E-state index contributed by atoms with van der Waals surface area (Å²) in [6, 6.07) is 3.05. The zero-order valence-electron chi connectivity index (χ0n) is 10.3. The Morgan fingerprint density at radius 1 is 1.33 bits per heavy atom. The average molecular weight is 247 g/mol. The van der Waals surface area contributed by atoms with Crippen LogP contribution in [0.1, 0.15) is 35.0 Å². The highest BCUT2D eigenvalue weighted by Gasteiger charge is 2.16. The summed E-state index contributed by atoms with van der Waals surface area (Å²) in [7, 11) is 1.71. The Balaban J connectivity index is 2.08. The molecule has 0 aromatic carbocycles. The molecule has 0 saturated heterocycles. The lowest BCUT2D eigenvalue weighted by molar-refractivity contribution is 0.0931. The van der Waals surface area contributed by atoms with Crippen molar-refractivity contribution < 1.29 is 4.79 Å². The first-order chi connectivity index (χ1) is 8.58. The molecule has 0 fully saturated rings. The fraction of sp³-hybridized carbons (Fsp3) is 0.400. The fourth-order valence-corrected chi connectivity index (χ4v) is 1.46. The Bertz CT molecular complexity index is 548. The molecule has 1 N–H and O–H groups in total. The van der Waals surface area contributed by atoms with Crippen molar-refractivity contribution in [2.45, 2.75) is 19.9 Å². The van der Waals surface area contributed by atoms with Gasteiger partial charge in [-0.1, -0.05) is 0 Å². The van der Waals surface area contributed by atoms with Gasteiger partial charge in [0.15, 0.2) is 11.5 Å². The molecule has 18 heavy (non-hydrogen) atoms. The van der Waals surface area contributed by atoms with E-state index in [-0.39, 0.29) is 17.6 Å². The van der Waals surface area contributed by atoms with Crippen molar-refractivity contribution in [2.75, 3.05) is 0 Å². The Hall–Kier alpha value is -2.38. The summed E-state index contributed by atoms with van der Waals surface area (Å²) in [5.74, 6) is 0.265. The SMILES string of the molecule is Cc1ccc(C(=O)NC(C)c2nnnn2C)nn1. The van der Waals surface area contributed by atoms with Crippen molar-refractivity contribution in [3.05, 3.63) is 29.3 Å². The first-order valence-corrected chi connectivity index (χ1v) is 5.41. The number of aromatic nitrogens is 6. The second-order valence-corrected chi connectivity index (χ2v) is 3.92. The molecule has 2 aromatic rings. The van der Waals surface area contributed by atoms with Crippen molar-refractivity contribution in [1.82, 2.24) is 35.7 Å². The molecule has 1 amide bonds. The molecule has 0 bridgehead atoms. The lowest BCUT2D eigenvalue weighted by Crippen LogP contribution is -2.29. The van der Waals surface area contributed by atoms with Gasteiger partial charge in [0.05, 0.1) is 11.7 Å². The molecular weight excluding hydrogens is 234 g/mol. The zero-order valence-corrected chi connectivity index (χ0v) is 10.3. The number of tetrazole rings is 1. The first-order valence-electron chi connectivity index (χ1n) is 5.41. The summed E-state index contributed by atoms with van der Waals surface area (Å²) in [6.45, 7) is 3.60. The van der Waals surface area contributed by atoms with Crippen LogP contribution in [-0.2, 0) is 7.05 Å². The van der Waals surface area contributed by atoms with Gasteiger partial charge in [0.25, 0.3) is 5.91 Å². The molecule has 1 atom stereocenters. The van der Waals surface area contributed by atoms with Crippen LogP contribution in [0.25, 0.3) is 0 Å². The van der Waals surface area contributed by atoms with Crippen LogP contribution < -0.4 is 5.32 Å². The van der Waals surface area contributed by atoms with Gasteiger partial charge in [-0.3, -0.25) is 4.79 Å². The van der Waals surface area contributed by atoms with E-state index in [2.05, 4.69) is 31.0 Å². The summed E-state index contributed by atoms with van der Waals surface area (Å²) in [5.41, 5.74) is 1.03. The van der Waals surface area contributed by atoms with E-state index in [4.69, 9.17) is 0 Å². The van der Waals surface area contributed by atoms with Gasteiger partial charge in [0.2, 0.25) is 0 Å². The van der Waals surface area contributed by atoms with E-state index in [0.29, 0.717) is 5.82 Å². The van der Waals surface area contributed by atoms with Gasteiger partial charge in [0, 0.05) is 7.05 Å². The minimum absolute atomic E-state index is 0.266. The normalized spacial score (nSPS) is 12.2. The topological polar surface area (TPSA) is 98.5 Å². The molecule has 8 nitrogen and oxygen atoms in total. The van der Waals surface area contributed by atoms with Gasteiger partial charge in [0.1, 0.15) is 0 Å². The quantitative estimate of drug-likeness (QED) is 0.806. The lowest BCUT2D eigenvalue weighted by Gasteiger charge is -2.11. The average Bonchev–Trinajstić information content (AvgIpc) is 2.76. The van der Waals surface area contributed by atoms with Gasteiger partial charge in [-0.15, -0.1) is 10.2 Å². The highest BCUT2D eigenvalue weighted by molar-refractivity contribution is 5.92. The molecule has 0 radical (unpaired) electrons. The second kappa shape index (κ2) is 4.86. The molecule has 1 unspecified atom stereocenters. The number of carbonyl (C=O) groups is 1. The minimum Gasteiger partial charge on any atom is -0.341 e. The molecule has 8 heteroatoms. The molecular formula is C10H13N7O. The third-order valence-electron chi connectivity index (χ3n) is 2.42. The maximum Gasteiger partial charge on any atom is 0.272 e. The molecule has 2 rings (SSSR count). The van der Waals surface area contributed by atoms with E-state index < -0.39 is 0 Å². The van der Waals surface area contributed by atoms with Crippen LogP contribution in [0.3, 0.4) is 0 Å². The maximum absolute atomic E-state index is 11.9. The fourth-order valence-electron chi connectivity index (χ4n) is 1.46. The maximum atomic E-state index is 11.9. The molecule has 0 saturated carbocycles. The van der Waals surface area contributed by atoms with Crippen molar-refractivity contribution in [3.8, 4) is 0 Å². The van der Waals surface area contributed by atoms with Crippen molar-refractivity contribution in [2.24, 2.45) is 7.05 Å². The van der Waals surface area contributed by atoms with Gasteiger partial charge in [-0.2, -0.15) is 5.10 Å². The van der Waals surface area contributed by atoms with Crippen molar-refractivity contribution in [1.29, 1.82) is 0 Å². The van der Waals surface area contributed by atoms with Crippen molar-refractivity contribution >= 4 is 5.91 Å². The van der Waals surface area contributed by atoms with Gasteiger partial charge >= 0.3 is 0 Å². The minimum atomic E-state index is -0.307. The van der Waals surface area contributed by atoms with Crippen LogP contribution in [0.5, 0.6) is 0 Å². The predicted octanol–water partition coefficient (Wildman–Crippen LogP) is -0.200. The molecule has 0 aliphatic carbocycles. The van der Waals surface area contributed by atoms with E-state index in [1.807, 2.05) is 6.92 Å². The van der Waals surface area contributed by atoms with Gasteiger partial charge < -0.3 is 5.32 Å². The monoisotopic (exact) mass is 247 g/mol. The smallest absolute Gasteiger partial charge is 0.272 e. The van der Waals surface area contributed by atoms with Crippen LogP contribution >= 0.6 is 0 Å². The molecule has 0 aliphatic heterocycles. The van der Waals surface area contributed by atoms with Crippen molar-refractivity contribution in [3.63, 3.8) is 0 Å². The summed E-state index contributed by atoms with van der Waals surface area (Å²) < 4.78 is 1.51. The Kier molecular flexibility index (Phi) is 3.26. The number of rotatable bonds is 3. The van der Waals surface area contributed by atoms with E-state index in [0.717, 1.165) is 5.69 Å². The van der Waals surface area contributed by atoms with E-state index in [9.17, 15) is 4.79 Å². The number of hydrogen-bond acceptors (Lipinski definition) is 6.